The van der Waals surface area contributed by atoms with Crippen LogP contribution in [0.25, 0.3) is 0 Å². The normalized spacial score (nSPS) is 20.9. The molecule has 2 aliphatic rings. The average Bonchev–Trinajstić information content (AvgIpc) is 2.97. The van der Waals surface area contributed by atoms with Crippen LogP contribution in [0, 0.1) is 13.8 Å². The van der Waals surface area contributed by atoms with E-state index in [1.807, 2.05) is 19.9 Å². The van der Waals surface area contributed by atoms with Gasteiger partial charge in [-0.25, -0.2) is 9.97 Å². The van der Waals surface area contributed by atoms with Gasteiger partial charge in [0.1, 0.15) is 17.7 Å². The first-order chi connectivity index (χ1) is 12.0. The van der Waals surface area contributed by atoms with Crippen LogP contribution in [0.5, 0.6) is 0 Å². The summed E-state index contributed by atoms with van der Waals surface area (Å²) in [5.41, 5.74) is 0.942. The highest BCUT2D eigenvalue weighted by Gasteiger charge is 2.25. The number of aryl methyl sites for hydroxylation is 2. The zero-order valence-corrected chi connectivity index (χ0v) is 15.0. The predicted molar refractivity (Wildman–Crippen MR) is 93.3 cm³/mol. The fourth-order valence-electron chi connectivity index (χ4n) is 3.51. The van der Waals surface area contributed by atoms with Gasteiger partial charge in [-0.15, -0.1) is 0 Å². The van der Waals surface area contributed by atoms with Crippen LogP contribution in [-0.4, -0.2) is 59.0 Å². The molecule has 2 fully saturated rings. The van der Waals surface area contributed by atoms with Crippen LogP contribution in [0.3, 0.4) is 0 Å². The van der Waals surface area contributed by atoms with Gasteiger partial charge in [0.15, 0.2) is 0 Å². The van der Waals surface area contributed by atoms with Gasteiger partial charge in [-0.3, -0.25) is 9.59 Å². The van der Waals surface area contributed by atoms with Gasteiger partial charge in [-0.1, -0.05) is 0 Å². The molecule has 3 rings (SSSR count). The van der Waals surface area contributed by atoms with E-state index in [1.54, 1.807) is 4.90 Å². The van der Waals surface area contributed by atoms with Crippen LogP contribution in [-0.2, 0) is 14.3 Å². The second kappa shape index (κ2) is 7.80. The topological polar surface area (TPSA) is 75.6 Å². The van der Waals surface area contributed by atoms with Crippen molar-refractivity contribution >= 4 is 17.7 Å². The lowest BCUT2D eigenvalue weighted by Crippen LogP contribution is -2.41. The summed E-state index contributed by atoms with van der Waals surface area (Å²) in [6, 6.07) is 1.97. The molecule has 0 bridgehead atoms. The second-order valence-electron chi connectivity index (χ2n) is 6.85. The molecule has 1 aromatic rings. The molecule has 0 N–H and O–H groups in total. The molecule has 136 valence electrons. The first-order valence-corrected chi connectivity index (χ1v) is 9.06. The van der Waals surface area contributed by atoms with E-state index in [2.05, 4.69) is 14.9 Å². The lowest BCUT2D eigenvalue weighted by molar-refractivity contribution is -0.149. The van der Waals surface area contributed by atoms with Crippen molar-refractivity contribution in [2.75, 3.05) is 31.1 Å². The Morgan fingerprint density at radius 3 is 2.84 bits per heavy atom. The molecule has 1 atom stereocenters. The standard InChI is InChI=1S/C18H26N4O3/c1-13-11-16(20-14(2)19-13)22-9-3-5-15(12-22)25-18(24)7-10-21-8-4-6-17(21)23/h11,15H,3-10,12H2,1-2H3. The second-order valence-corrected chi connectivity index (χ2v) is 6.85. The summed E-state index contributed by atoms with van der Waals surface area (Å²) in [5, 5.41) is 0. The maximum atomic E-state index is 12.1. The molecule has 1 unspecified atom stereocenters. The minimum atomic E-state index is -0.221. The Labute approximate surface area is 148 Å². The summed E-state index contributed by atoms with van der Waals surface area (Å²) < 4.78 is 5.64. The number of amides is 1. The van der Waals surface area contributed by atoms with Crippen LogP contribution >= 0.6 is 0 Å². The van der Waals surface area contributed by atoms with E-state index in [4.69, 9.17) is 4.74 Å². The van der Waals surface area contributed by atoms with Crippen molar-refractivity contribution in [3.8, 4) is 0 Å². The molecular weight excluding hydrogens is 320 g/mol. The predicted octanol–water partition coefficient (Wildman–Crippen LogP) is 1.62. The fraction of sp³-hybridized carbons (Fsp3) is 0.667. The Kier molecular flexibility index (Phi) is 5.50. The third-order valence-electron chi connectivity index (χ3n) is 4.71. The summed E-state index contributed by atoms with van der Waals surface area (Å²) >= 11 is 0. The molecule has 0 aromatic carbocycles. The van der Waals surface area contributed by atoms with Gasteiger partial charge < -0.3 is 14.5 Å². The van der Waals surface area contributed by atoms with Gasteiger partial charge in [0, 0.05) is 37.8 Å². The number of piperidine rings is 1. The van der Waals surface area contributed by atoms with E-state index in [0.717, 1.165) is 49.7 Å². The van der Waals surface area contributed by atoms with E-state index in [-0.39, 0.29) is 24.4 Å². The monoisotopic (exact) mass is 346 g/mol. The first-order valence-electron chi connectivity index (χ1n) is 9.06. The van der Waals surface area contributed by atoms with E-state index >= 15 is 0 Å². The third-order valence-corrected chi connectivity index (χ3v) is 4.71. The molecule has 25 heavy (non-hydrogen) atoms. The zero-order chi connectivity index (χ0) is 17.8. The maximum Gasteiger partial charge on any atom is 0.307 e. The highest BCUT2D eigenvalue weighted by Crippen LogP contribution is 2.21. The largest absolute Gasteiger partial charge is 0.460 e. The third kappa shape index (κ3) is 4.67. The summed E-state index contributed by atoms with van der Waals surface area (Å²) in [6.07, 6.45) is 3.48. The SMILES string of the molecule is Cc1cc(N2CCCC(OC(=O)CCN3CCCC3=O)C2)nc(C)n1. The summed E-state index contributed by atoms with van der Waals surface area (Å²) in [4.78, 5) is 36.4. The quantitative estimate of drug-likeness (QED) is 0.754. The molecule has 7 heteroatoms. The number of ether oxygens (including phenoxy) is 1. The van der Waals surface area contributed by atoms with Crippen molar-refractivity contribution in [3.05, 3.63) is 17.6 Å². The van der Waals surface area contributed by atoms with E-state index in [0.29, 0.717) is 19.5 Å². The van der Waals surface area contributed by atoms with Crippen LogP contribution in [0.4, 0.5) is 5.82 Å². The number of esters is 1. The van der Waals surface area contributed by atoms with Gasteiger partial charge in [0.2, 0.25) is 5.91 Å². The first kappa shape index (κ1) is 17.6. The van der Waals surface area contributed by atoms with Crippen LogP contribution in [0.1, 0.15) is 43.6 Å². The molecule has 1 amide bonds. The Bertz CT molecular complexity index is 629. The van der Waals surface area contributed by atoms with Crippen molar-refractivity contribution in [1.82, 2.24) is 14.9 Å². The van der Waals surface area contributed by atoms with E-state index < -0.39 is 0 Å². The van der Waals surface area contributed by atoms with Crippen LogP contribution in [0.15, 0.2) is 6.07 Å². The Morgan fingerprint density at radius 2 is 2.12 bits per heavy atom. The number of carbonyl (C=O) groups excluding carboxylic acids is 2. The van der Waals surface area contributed by atoms with Gasteiger partial charge in [0.25, 0.3) is 0 Å². The molecule has 0 spiro atoms. The number of carbonyl (C=O) groups is 2. The van der Waals surface area contributed by atoms with Crippen molar-refractivity contribution in [2.45, 2.75) is 52.1 Å². The number of likely N-dealkylation sites (tertiary alicyclic amines) is 1. The molecule has 1 aromatic heterocycles. The minimum Gasteiger partial charge on any atom is -0.460 e. The molecule has 0 saturated carbocycles. The van der Waals surface area contributed by atoms with Gasteiger partial charge >= 0.3 is 5.97 Å². The van der Waals surface area contributed by atoms with Crippen LogP contribution in [0.2, 0.25) is 0 Å². The van der Waals surface area contributed by atoms with Crippen LogP contribution < -0.4 is 4.90 Å². The lowest BCUT2D eigenvalue weighted by Gasteiger charge is -2.33. The molecule has 2 aliphatic heterocycles. The molecule has 0 radical (unpaired) electrons. The number of hydrogen-bond donors (Lipinski definition) is 0. The number of aromatic nitrogens is 2. The summed E-state index contributed by atoms with van der Waals surface area (Å²) in [5.74, 6) is 1.57. The number of rotatable bonds is 5. The number of anilines is 1. The lowest BCUT2D eigenvalue weighted by atomic mass is 10.1. The van der Waals surface area contributed by atoms with Gasteiger partial charge in [-0.2, -0.15) is 0 Å². The van der Waals surface area contributed by atoms with E-state index in [1.165, 1.54) is 0 Å². The van der Waals surface area contributed by atoms with Crippen molar-refractivity contribution in [2.24, 2.45) is 0 Å². The van der Waals surface area contributed by atoms with E-state index in [9.17, 15) is 9.59 Å². The zero-order valence-electron chi connectivity index (χ0n) is 15.0. The minimum absolute atomic E-state index is 0.119. The van der Waals surface area contributed by atoms with Gasteiger partial charge in [-0.05, 0) is 33.1 Å². The fourth-order valence-corrected chi connectivity index (χ4v) is 3.51. The van der Waals surface area contributed by atoms with Crippen molar-refractivity contribution < 1.29 is 14.3 Å². The molecule has 2 saturated heterocycles. The Hall–Kier alpha value is -2.18. The number of hydrogen-bond acceptors (Lipinski definition) is 6. The van der Waals surface area contributed by atoms with Crippen molar-refractivity contribution in [1.29, 1.82) is 0 Å². The highest BCUT2D eigenvalue weighted by molar-refractivity contribution is 5.79. The van der Waals surface area contributed by atoms with Crippen molar-refractivity contribution in [3.63, 3.8) is 0 Å². The average molecular weight is 346 g/mol. The maximum absolute atomic E-state index is 12.1. The smallest absolute Gasteiger partial charge is 0.307 e. The summed E-state index contributed by atoms with van der Waals surface area (Å²) in [7, 11) is 0. The number of nitrogens with zero attached hydrogens (tertiary/aromatic N) is 4. The molecule has 7 nitrogen and oxygen atoms in total. The Balaban J connectivity index is 1.51. The highest BCUT2D eigenvalue weighted by atomic mass is 16.5. The molecule has 0 aliphatic carbocycles. The Morgan fingerprint density at radius 1 is 1.28 bits per heavy atom. The summed E-state index contributed by atoms with van der Waals surface area (Å²) in [6.45, 7) is 6.64. The van der Waals surface area contributed by atoms with Gasteiger partial charge in [0.05, 0.1) is 13.0 Å². The molecule has 3 heterocycles. The molecular formula is C18H26N4O3.